The van der Waals surface area contributed by atoms with Gasteiger partial charge in [-0.05, 0) is 48.0 Å². The lowest BCUT2D eigenvalue weighted by molar-refractivity contribution is 0.466. The van der Waals surface area contributed by atoms with Crippen molar-refractivity contribution in [3.8, 4) is 0 Å². The molecule has 2 aromatic heterocycles. The lowest BCUT2D eigenvalue weighted by Gasteiger charge is -2.13. The van der Waals surface area contributed by atoms with Crippen LogP contribution >= 0.6 is 15.9 Å². The highest BCUT2D eigenvalue weighted by molar-refractivity contribution is 9.10. The van der Waals surface area contributed by atoms with Crippen molar-refractivity contribution in [2.75, 3.05) is 11.1 Å². The van der Waals surface area contributed by atoms with Crippen molar-refractivity contribution in [2.45, 2.75) is 19.9 Å². The van der Waals surface area contributed by atoms with Gasteiger partial charge in [0, 0.05) is 0 Å². The lowest BCUT2D eigenvalue weighted by Crippen LogP contribution is -2.07. The molecule has 1 unspecified atom stereocenters. The van der Waals surface area contributed by atoms with Gasteiger partial charge in [-0.15, -0.1) is 0 Å². The number of nitrogen functional groups attached to an aromatic ring is 1. The molecular weight excluding hydrogens is 282 g/mol. The van der Waals surface area contributed by atoms with Crippen molar-refractivity contribution in [1.82, 2.24) is 4.98 Å². The minimum Gasteiger partial charge on any atom is -0.464 e. The van der Waals surface area contributed by atoms with Gasteiger partial charge in [0.2, 0.25) is 0 Å². The number of anilines is 2. The Kier molecular flexibility index (Phi) is 3.38. The largest absolute Gasteiger partial charge is 0.464 e. The van der Waals surface area contributed by atoms with E-state index in [0.717, 1.165) is 21.8 Å². The first kappa shape index (κ1) is 12.0. The van der Waals surface area contributed by atoms with E-state index in [-0.39, 0.29) is 6.04 Å². The number of nitrogens with one attached hydrogen (secondary N) is 1. The van der Waals surface area contributed by atoms with Crippen molar-refractivity contribution < 1.29 is 4.42 Å². The van der Waals surface area contributed by atoms with Gasteiger partial charge in [-0.3, -0.25) is 0 Å². The lowest BCUT2D eigenvalue weighted by atomic mass is 10.2. The van der Waals surface area contributed by atoms with Crippen LogP contribution in [0, 0.1) is 6.92 Å². The number of pyridine rings is 1. The van der Waals surface area contributed by atoms with Gasteiger partial charge < -0.3 is 15.5 Å². The smallest absolute Gasteiger partial charge is 0.141 e. The summed E-state index contributed by atoms with van der Waals surface area (Å²) in [4.78, 5) is 4.23. The van der Waals surface area contributed by atoms with E-state index in [0.29, 0.717) is 5.69 Å². The van der Waals surface area contributed by atoms with Gasteiger partial charge in [-0.25, -0.2) is 4.98 Å². The van der Waals surface area contributed by atoms with E-state index in [1.807, 2.05) is 32.0 Å². The Morgan fingerprint density at radius 1 is 1.47 bits per heavy atom. The summed E-state index contributed by atoms with van der Waals surface area (Å²) in [5.41, 5.74) is 6.26. The van der Waals surface area contributed by atoms with Gasteiger partial charge in [-0.1, -0.05) is 0 Å². The Bertz CT molecular complexity index is 524. The van der Waals surface area contributed by atoms with Crippen LogP contribution in [0.3, 0.4) is 0 Å². The molecule has 2 rings (SSSR count). The first-order valence-corrected chi connectivity index (χ1v) is 6.09. The summed E-state index contributed by atoms with van der Waals surface area (Å²) in [6, 6.07) is 5.77. The molecule has 0 saturated heterocycles. The number of hydrogen-bond acceptors (Lipinski definition) is 4. The molecule has 0 aromatic carbocycles. The molecule has 0 amide bonds. The normalized spacial score (nSPS) is 12.4. The molecule has 0 aliphatic carbocycles. The second kappa shape index (κ2) is 4.79. The molecule has 0 spiro atoms. The van der Waals surface area contributed by atoms with Crippen molar-refractivity contribution >= 4 is 27.4 Å². The molecule has 0 aliphatic rings. The Balaban J connectivity index is 2.15. The van der Waals surface area contributed by atoms with Gasteiger partial charge in [-0.2, -0.15) is 0 Å². The summed E-state index contributed by atoms with van der Waals surface area (Å²) in [6.45, 7) is 3.94. The average Bonchev–Trinajstić information content (AvgIpc) is 2.69. The third-order valence-electron chi connectivity index (χ3n) is 2.40. The highest BCUT2D eigenvalue weighted by atomic mass is 79.9. The number of nitrogens with two attached hydrogens (primary N) is 1. The van der Waals surface area contributed by atoms with Crippen LogP contribution < -0.4 is 11.1 Å². The quantitative estimate of drug-likeness (QED) is 0.910. The predicted molar refractivity (Wildman–Crippen MR) is 71.8 cm³/mol. The first-order valence-electron chi connectivity index (χ1n) is 5.30. The monoisotopic (exact) mass is 295 g/mol. The van der Waals surface area contributed by atoms with Crippen molar-refractivity contribution in [3.05, 3.63) is 40.4 Å². The minimum atomic E-state index is 0.0520. The van der Waals surface area contributed by atoms with Crippen molar-refractivity contribution in [1.29, 1.82) is 0 Å². The number of halogens is 1. The van der Waals surface area contributed by atoms with Gasteiger partial charge in [0.15, 0.2) is 0 Å². The van der Waals surface area contributed by atoms with E-state index in [1.54, 1.807) is 6.20 Å². The third-order valence-corrected chi connectivity index (χ3v) is 3.01. The van der Waals surface area contributed by atoms with E-state index in [2.05, 4.69) is 26.2 Å². The number of hydrogen-bond donors (Lipinski definition) is 2. The fourth-order valence-electron chi connectivity index (χ4n) is 1.52. The molecule has 4 nitrogen and oxygen atoms in total. The fourth-order valence-corrected chi connectivity index (χ4v) is 2.00. The molecule has 90 valence electrons. The number of aryl methyl sites for hydroxylation is 1. The highest BCUT2D eigenvalue weighted by Gasteiger charge is 2.11. The highest BCUT2D eigenvalue weighted by Crippen LogP contribution is 2.26. The van der Waals surface area contributed by atoms with Crippen LogP contribution in [0.2, 0.25) is 0 Å². The van der Waals surface area contributed by atoms with Crippen LogP contribution in [0.25, 0.3) is 0 Å². The molecule has 1 atom stereocenters. The Labute approximate surface area is 108 Å². The minimum absolute atomic E-state index is 0.0520. The zero-order chi connectivity index (χ0) is 12.4. The average molecular weight is 296 g/mol. The van der Waals surface area contributed by atoms with Crippen LogP contribution in [-0.2, 0) is 0 Å². The van der Waals surface area contributed by atoms with E-state index < -0.39 is 0 Å². The molecule has 3 N–H and O–H groups in total. The number of furan rings is 1. The molecule has 0 bridgehead atoms. The summed E-state index contributed by atoms with van der Waals surface area (Å²) in [5.74, 6) is 2.53. The molecule has 0 saturated carbocycles. The predicted octanol–water partition coefficient (Wildman–Crippen LogP) is 3.50. The third kappa shape index (κ3) is 2.79. The molecular formula is C12H14BrN3O. The Morgan fingerprint density at radius 3 is 2.82 bits per heavy atom. The van der Waals surface area contributed by atoms with Crippen molar-refractivity contribution in [2.24, 2.45) is 0 Å². The second-order valence-corrected chi connectivity index (χ2v) is 4.77. The maximum Gasteiger partial charge on any atom is 0.141 e. The molecule has 5 heteroatoms. The van der Waals surface area contributed by atoms with E-state index in [1.165, 1.54) is 0 Å². The summed E-state index contributed by atoms with van der Waals surface area (Å²) in [5, 5.41) is 3.26. The Hall–Kier alpha value is -1.49. The standard InChI is InChI=1S/C12H14BrN3O/c1-7-3-4-11(17-7)8(2)16-12-10(13)5-9(14)6-15-12/h3-6,8H,14H2,1-2H3,(H,15,16). The molecule has 2 heterocycles. The Morgan fingerprint density at radius 2 is 2.24 bits per heavy atom. The summed E-state index contributed by atoms with van der Waals surface area (Å²) < 4.78 is 6.39. The number of rotatable bonds is 3. The van der Waals surface area contributed by atoms with E-state index in [4.69, 9.17) is 10.2 Å². The van der Waals surface area contributed by atoms with Crippen LogP contribution in [0.1, 0.15) is 24.5 Å². The van der Waals surface area contributed by atoms with E-state index in [9.17, 15) is 0 Å². The number of nitrogens with zero attached hydrogens (tertiary/aromatic N) is 1. The van der Waals surface area contributed by atoms with Gasteiger partial charge in [0.1, 0.15) is 17.3 Å². The topological polar surface area (TPSA) is 64.1 Å². The summed E-state index contributed by atoms with van der Waals surface area (Å²) in [6.07, 6.45) is 1.62. The number of aromatic nitrogens is 1. The maximum atomic E-state index is 5.63. The van der Waals surface area contributed by atoms with Crippen LogP contribution in [0.15, 0.2) is 33.3 Å². The molecule has 17 heavy (non-hydrogen) atoms. The van der Waals surface area contributed by atoms with Crippen LogP contribution in [0.4, 0.5) is 11.5 Å². The van der Waals surface area contributed by atoms with Gasteiger partial charge in [0.05, 0.1) is 22.4 Å². The summed E-state index contributed by atoms with van der Waals surface area (Å²) in [7, 11) is 0. The molecule has 2 aromatic rings. The molecule has 0 radical (unpaired) electrons. The zero-order valence-electron chi connectivity index (χ0n) is 9.70. The zero-order valence-corrected chi connectivity index (χ0v) is 11.3. The van der Waals surface area contributed by atoms with Gasteiger partial charge in [0.25, 0.3) is 0 Å². The van der Waals surface area contributed by atoms with Gasteiger partial charge >= 0.3 is 0 Å². The van der Waals surface area contributed by atoms with Crippen LogP contribution in [0.5, 0.6) is 0 Å². The van der Waals surface area contributed by atoms with E-state index >= 15 is 0 Å². The maximum absolute atomic E-state index is 5.63. The molecule has 0 aliphatic heterocycles. The van der Waals surface area contributed by atoms with Crippen LogP contribution in [-0.4, -0.2) is 4.98 Å². The van der Waals surface area contributed by atoms with Crippen molar-refractivity contribution in [3.63, 3.8) is 0 Å². The second-order valence-electron chi connectivity index (χ2n) is 3.91. The first-order chi connectivity index (χ1) is 8.06. The molecule has 0 fully saturated rings. The SMILES string of the molecule is Cc1ccc(C(C)Nc2ncc(N)cc2Br)o1. The fraction of sp³-hybridized carbons (Fsp3) is 0.250. The summed E-state index contributed by atoms with van der Waals surface area (Å²) >= 11 is 3.42.